The molecule has 0 aliphatic heterocycles. The minimum absolute atomic E-state index is 0.0227. The third-order valence-electron chi connectivity index (χ3n) is 3.29. The van der Waals surface area contributed by atoms with Gasteiger partial charge in [0.1, 0.15) is 5.82 Å². The highest BCUT2D eigenvalue weighted by Crippen LogP contribution is 2.26. The molecule has 1 aromatic carbocycles. The van der Waals surface area contributed by atoms with E-state index in [1.165, 1.54) is 18.3 Å². The van der Waals surface area contributed by atoms with Crippen LogP contribution in [0, 0.1) is 22.6 Å². The van der Waals surface area contributed by atoms with Gasteiger partial charge in [0.15, 0.2) is 0 Å². The number of hydrogen-bond acceptors (Lipinski definition) is 2. The zero-order chi connectivity index (χ0) is 13.5. The Morgan fingerprint density at radius 2 is 1.94 bits per heavy atom. The van der Waals surface area contributed by atoms with Crippen molar-refractivity contribution in [1.29, 1.82) is 10.8 Å². The quantitative estimate of drug-likeness (QED) is 0.672. The molecule has 1 rings (SSSR count). The second kappa shape index (κ2) is 7.04. The molecule has 0 radical (unpaired) electrons. The first-order valence-electron chi connectivity index (χ1n) is 6.40. The maximum absolute atomic E-state index is 12.9. The molecule has 98 valence electrons. The Hall–Kier alpha value is -1.51. The van der Waals surface area contributed by atoms with E-state index in [9.17, 15) is 4.39 Å². The van der Waals surface area contributed by atoms with Gasteiger partial charge in [0, 0.05) is 11.6 Å². The SMILES string of the molecule is CCCC(=N)CC(C=N)C(C)c1ccc(F)cc1. The van der Waals surface area contributed by atoms with Gasteiger partial charge < -0.3 is 10.8 Å². The van der Waals surface area contributed by atoms with Crippen molar-refractivity contribution in [3.05, 3.63) is 35.6 Å². The van der Waals surface area contributed by atoms with Gasteiger partial charge in [-0.15, -0.1) is 0 Å². The van der Waals surface area contributed by atoms with E-state index in [0.29, 0.717) is 12.1 Å². The molecule has 1 aromatic rings. The van der Waals surface area contributed by atoms with Crippen LogP contribution in [0.1, 0.15) is 44.6 Å². The van der Waals surface area contributed by atoms with E-state index in [2.05, 4.69) is 6.92 Å². The molecular weight excluding hydrogens is 227 g/mol. The normalized spacial score (nSPS) is 13.9. The van der Waals surface area contributed by atoms with Crippen molar-refractivity contribution in [3.63, 3.8) is 0 Å². The minimum atomic E-state index is -0.240. The monoisotopic (exact) mass is 248 g/mol. The molecule has 0 spiro atoms. The predicted octanol–water partition coefficient (Wildman–Crippen LogP) is 4.40. The average Bonchev–Trinajstić information content (AvgIpc) is 2.36. The molecule has 0 aliphatic carbocycles. The summed E-state index contributed by atoms with van der Waals surface area (Å²) < 4.78 is 12.9. The van der Waals surface area contributed by atoms with Crippen LogP contribution in [-0.4, -0.2) is 11.9 Å². The molecule has 0 aliphatic rings. The van der Waals surface area contributed by atoms with Crippen LogP contribution >= 0.6 is 0 Å². The third-order valence-corrected chi connectivity index (χ3v) is 3.29. The number of halogens is 1. The topological polar surface area (TPSA) is 47.7 Å². The maximum Gasteiger partial charge on any atom is 0.123 e. The van der Waals surface area contributed by atoms with Crippen molar-refractivity contribution >= 4 is 11.9 Å². The van der Waals surface area contributed by atoms with E-state index in [-0.39, 0.29) is 17.7 Å². The minimum Gasteiger partial charge on any atom is -0.313 e. The van der Waals surface area contributed by atoms with E-state index < -0.39 is 0 Å². The lowest BCUT2D eigenvalue weighted by Gasteiger charge is -2.20. The lowest BCUT2D eigenvalue weighted by molar-refractivity contribution is 0.589. The average molecular weight is 248 g/mol. The van der Waals surface area contributed by atoms with Crippen LogP contribution in [0.3, 0.4) is 0 Å². The van der Waals surface area contributed by atoms with E-state index in [4.69, 9.17) is 10.8 Å². The van der Waals surface area contributed by atoms with Crippen LogP contribution in [-0.2, 0) is 0 Å². The summed E-state index contributed by atoms with van der Waals surface area (Å²) in [7, 11) is 0. The first-order chi connectivity index (χ1) is 8.58. The van der Waals surface area contributed by atoms with Gasteiger partial charge >= 0.3 is 0 Å². The van der Waals surface area contributed by atoms with Crippen LogP contribution in [0.25, 0.3) is 0 Å². The van der Waals surface area contributed by atoms with Crippen LogP contribution in [0.5, 0.6) is 0 Å². The molecule has 0 saturated heterocycles. The van der Waals surface area contributed by atoms with Crippen LogP contribution in [0.15, 0.2) is 24.3 Å². The summed E-state index contributed by atoms with van der Waals surface area (Å²) in [5.41, 5.74) is 1.72. The van der Waals surface area contributed by atoms with E-state index >= 15 is 0 Å². The molecule has 3 heteroatoms. The Labute approximate surface area is 108 Å². The predicted molar refractivity (Wildman–Crippen MR) is 74.3 cm³/mol. The molecule has 2 unspecified atom stereocenters. The number of benzene rings is 1. The Morgan fingerprint density at radius 1 is 1.33 bits per heavy atom. The fraction of sp³-hybridized carbons (Fsp3) is 0.467. The van der Waals surface area contributed by atoms with E-state index in [0.717, 1.165) is 18.4 Å². The Morgan fingerprint density at radius 3 is 2.44 bits per heavy atom. The second-order valence-corrected chi connectivity index (χ2v) is 4.73. The third kappa shape index (κ3) is 4.06. The summed E-state index contributed by atoms with van der Waals surface area (Å²) in [5.74, 6) is -0.0779. The van der Waals surface area contributed by atoms with Crippen LogP contribution < -0.4 is 0 Å². The van der Waals surface area contributed by atoms with Crippen molar-refractivity contribution in [2.75, 3.05) is 0 Å². The first kappa shape index (κ1) is 14.6. The van der Waals surface area contributed by atoms with E-state index in [1.807, 2.05) is 6.92 Å². The number of hydrogen-bond donors (Lipinski definition) is 2. The van der Waals surface area contributed by atoms with Crippen molar-refractivity contribution < 1.29 is 4.39 Å². The molecule has 0 heterocycles. The van der Waals surface area contributed by atoms with Crippen LogP contribution in [0.4, 0.5) is 4.39 Å². The van der Waals surface area contributed by atoms with E-state index in [1.54, 1.807) is 12.1 Å². The van der Waals surface area contributed by atoms with Crippen LogP contribution in [0.2, 0.25) is 0 Å². The van der Waals surface area contributed by atoms with Crippen molar-refractivity contribution in [1.82, 2.24) is 0 Å². The summed E-state index contributed by atoms with van der Waals surface area (Å²) in [5, 5.41) is 15.4. The molecule has 2 atom stereocenters. The summed E-state index contributed by atoms with van der Waals surface area (Å²) in [6, 6.07) is 6.42. The largest absolute Gasteiger partial charge is 0.313 e. The molecule has 18 heavy (non-hydrogen) atoms. The van der Waals surface area contributed by atoms with Gasteiger partial charge in [0.05, 0.1) is 0 Å². The smallest absolute Gasteiger partial charge is 0.123 e. The molecule has 0 saturated carbocycles. The second-order valence-electron chi connectivity index (χ2n) is 4.73. The summed E-state index contributed by atoms with van der Waals surface area (Å²) in [6.07, 6.45) is 3.79. The number of rotatable bonds is 7. The number of nitrogens with one attached hydrogen (secondary N) is 2. The molecule has 0 amide bonds. The fourth-order valence-electron chi connectivity index (χ4n) is 2.08. The van der Waals surface area contributed by atoms with Gasteiger partial charge in [-0.25, -0.2) is 4.39 Å². The highest BCUT2D eigenvalue weighted by Gasteiger charge is 2.18. The Balaban J connectivity index is 2.72. The Kier molecular flexibility index (Phi) is 5.69. The zero-order valence-corrected chi connectivity index (χ0v) is 11.0. The summed E-state index contributed by atoms with van der Waals surface area (Å²) >= 11 is 0. The molecule has 0 aromatic heterocycles. The van der Waals surface area contributed by atoms with Crippen molar-refractivity contribution in [2.45, 2.75) is 39.0 Å². The molecule has 0 fully saturated rings. The summed E-state index contributed by atoms with van der Waals surface area (Å²) in [6.45, 7) is 4.08. The molecular formula is C15H21FN2. The lowest BCUT2D eigenvalue weighted by atomic mass is 9.84. The van der Waals surface area contributed by atoms with Gasteiger partial charge in [-0.3, -0.25) is 0 Å². The van der Waals surface area contributed by atoms with Gasteiger partial charge in [-0.2, -0.15) is 0 Å². The molecule has 2 nitrogen and oxygen atoms in total. The maximum atomic E-state index is 12.9. The lowest BCUT2D eigenvalue weighted by Crippen LogP contribution is -2.15. The zero-order valence-electron chi connectivity index (χ0n) is 11.0. The standard InChI is InChI=1S/C15H21FN2/c1-3-4-15(18)9-13(10-17)11(2)12-5-7-14(16)8-6-12/h5-8,10-11,13,17-18H,3-4,9H2,1-2H3. The highest BCUT2D eigenvalue weighted by atomic mass is 19.1. The van der Waals surface area contributed by atoms with Crippen molar-refractivity contribution in [2.24, 2.45) is 5.92 Å². The Bertz CT molecular complexity index is 397. The molecule has 2 N–H and O–H groups in total. The van der Waals surface area contributed by atoms with Gasteiger partial charge in [0.25, 0.3) is 0 Å². The molecule has 0 bridgehead atoms. The first-order valence-corrected chi connectivity index (χ1v) is 6.40. The van der Waals surface area contributed by atoms with Gasteiger partial charge in [-0.1, -0.05) is 32.4 Å². The summed E-state index contributed by atoms with van der Waals surface area (Å²) in [4.78, 5) is 0. The van der Waals surface area contributed by atoms with Crippen molar-refractivity contribution in [3.8, 4) is 0 Å². The van der Waals surface area contributed by atoms with Gasteiger partial charge in [-0.05, 0) is 42.7 Å². The fourth-order valence-corrected chi connectivity index (χ4v) is 2.08. The highest BCUT2D eigenvalue weighted by molar-refractivity contribution is 5.84. The van der Waals surface area contributed by atoms with Gasteiger partial charge in [0.2, 0.25) is 0 Å².